The molecule has 0 saturated heterocycles. The van der Waals surface area contributed by atoms with E-state index < -0.39 is 17.5 Å². The molecule has 0 heterocycles. The molecule has 1 fully saturated rings. The molecule has 0 spiro atoms. The molecule has 142 valence electrons. The van der Waals surface area contributed by atoms with Gasteiger partial charge in [0.15, 0.2) is 5.83 Å². The lowest BCUT2D eigenvalue weighted by molar-refractivity contribution is 0.263. The number of benzene rings is 2. The van der Waals surface area contributed by atoms with Crippen molar-refractivity contribution in [3.8, 4) is 0 Å². The Labute approximate surface area is 159 Å². The van der Waals surface area contributed by atoms with Crippen LogP contribution in [0.1, 0.15) is 49.7 Å². The molecule has 0 unspecified atom stereocenters. The van der Waals surface area contributed by atoms with Crippen molar-refractivity contribution >= 4 is 22.7 Å². The summed E-state index contributed by atoms with van der Waals surface area (Å²) in [5.74, 6) is -1.66. The van der Waals surface area contributed by atoms with Crippen molar-refractivity contribution in [1.82, 2.24) is 0 Å². The second-order valence-corrected chi connectivity index (χ2v) is 7.35. The van der Waals surface area contributed by atoms with Gasteiger partial charge >= 0.3 is 0 Å². The van der Waals surface area contributed by atoms with Crippen LogP contribution in [0.2, 0.25) is 0 Å². The summed E-state index contributed by atoms with van der Waals surface area (Å²) in [4.78, 5) is 0. The molecule has 0 aliphatic heterocycles. The Hall–Kier alpha value is -2.29. The number of allylic oxidation sites excluding steroid dienone is 2. The van der Waals surface area contributed by atoms with Crippen molar-refractivity contribution in [2.24, 2.45) is 11.8 Å². The fourth-order valence-corrected chi connectivity index (χ4v) is 3.98. The van der Waals surface area contributed by atoms with Gasteiger partial charge in [0.25, 0.3) is 0 Å². The number of hydrogen-bond donors (Lipinski definition) is 0. The first-order chi connectivity index (χ1) is 13.0. The van der Waals surface area contributed by atoms with Gasteiger partial charge in [-0.15, -0.1) is 6.58 Å². The second-order valence-electron chi connectivity index (χ2n) is 7.35. The highest BCUT2D eigenvalue weighted by molar-refractivity contribution is 5.88. The Balaban J connectivity index is 1.80. The quantitative estimate of drug-likeness (QED) is 0.452. The highest BCUT2D eigenvalue weighted by Gasteiger charge is 2.26. The molecule has 2 aromatic rings. The maximum atomic E-state index is 14.8. The maximum Gasteiger partial charge on any atom is 0.162 e. The van der Waals surface area contributed by atoms with Crippen LogP contribution in [0, 0.1) is 17.7 Å². The van der Waals surface area contributed by atoms with E-state index >= 15 is 0 Å². The van der Waals surface area contributed by atoms with Crippen LogP contribution in [0.25, 0.3) is 22.7 Å². The lowest BCUT2D eigenvalue weighted by Gasteiger charge is -2.27. The minimum Gasteiger partial charge on any atom is -0.208 e. The molecule has 0 radical (unpaired) electrons. The van der Waals surface area contributed by atoms with Gasteiger partial charge in [-0.3, -0.25) is 0 Å². The first-order valence-corrected chi connectivity index (χ1v) is 9.56. The highest BCUT2D eigenvalue weighted by atomic mass is 19.2. The summed E-state index contributed by atoms with van der Waals surface area (Å²) in [6.07, 6.45) is 8.59. The van der Waals surface area contributed by atoms with Crippen molar-refractivity contribution in [2.45, 2.75) is 38.5 Å². The standard InChI is InChI=1S/C24H25F3/c1-3-5-6-16-7-9-18(10-8-16)23(26)24(27)20-13-14-21-19(15-20)12-11-17(4-2)22(21)25/h3-4,11-16,18H,1-2,5-10H2. The molecular weight excluding hydrogens is 345 g/mol. The van der Waals surface area contributed by atoms with Gasteiger partial charge in [-0.1, -0.05) is 43.0 Å². The Morgan fingerprint density at radius 3 is 2.44 bits per heavy atom. The highest BCUT2D eigenvalue weighted by Crippen LogP contribution is 2.39. The molecule has 1 aliphatic carbocycles. The predicted octanol–water partition coefficient (Wildman–Crippen LogP) is 8.00. The number of hydrogen-bond acceptors (Lipinski definition) is 0. The van der Waals surface area contributed by atoms with E-state index in [4.69, 9.17) is 0 Å². The van der Waals surface area contributed by atoms with E-state index in [1.54, 1.807) is 12.1 Å². The molecule has 1 saturated carbocycles. The van der Waals surface area contributed by atoms with Gasteiger partial charge in [-0.05, 0) is 55.9 Å². The van der Waals surface area contributed by atoms with Crippen LogP contribution in [-0.2, 0) is 0 Å². The normalized spacial score (nSPS) is 21.0. The molecule has 0 bridgehead atoms. The van der Waals surface area contributed by atoms with Crippen LogP contribution in [0.3, 0.4) is 0 Å². The minimum atomic E-state index is -0.820. The van der Waals surface area contributed by atoms with Gasteiger partial charge in [0.05, 0.1) is 0 Å². The Bertz CT molecular complexity index is 871. The zero-order valence-corrected chi connectivity index (χ0v) is 15.5. The summed E-state index contributed by atoms with van der Waals surface area (Å²) < 4.78 is 43.8. The molecule has 0 N–H and O–H groups in total. The van der Waals surface area contributed by atoms with E-state index in [0.717, 1.165) is 25.7 Å². The third-order valence-electron chi connectivity index (χ3n) is 5.65. The average molecular weight is 370 g/mol. The van der Waals surface area contributed by atoms with Crippen molar-refractivity contribution in [1.29, 1.82) is 0 Å². The van der Waals surface area contributed by atoms with E-state index in [-0.39, 0.29) is 11.5 Å². The summed E-state index contributed by atoms with van der Waals surface area (Å²) >= 11 is 0. The molecule has 0 amide bonds. The van der Waals surface area contributed by atoms with Crippen LogP contribution in [0.4, 0.5) is 13.2 Å². The Morgan fingerprint density at radius 1 is 1.04 bits per heavy atom. The number of fused-ring (bicyclic) bond motifs is 1. The molecule has 0 nitrogen and oxygen atoms in total. The molecule has 0 aromatic heterocycles. The first-order valence-electron chi connectivity index (χ1n) is 9.56. The van der Waals surface area contributed by atoms with Crippen LogP contribution >= 0.6 is 0 Å². The summed E-state index contributed by atoms with van der Waals surface area (Å²) in [5.41, 5.74) is 0.560. The zero-order chi connectivity index (χ0) is 19.4. The van der Waals surface area contributed by atoms with Crippen LogP contribution in [0.15, 0.2) is 55.4 Å². The lowest BCUT2D eigenvalue weighted by Crippen LogP contribution is -2.15. The van der Waals surface area contributed by atoms with Crippen LogP contribution in [0.5, 0.6) is 0 Å². The maximum absolute atomic E-state index is 14.8. The Kier molecular flexibility index (Phi) is 6.20. The monoisotopic (exact) mass is 370 g/mol. The smallest absolute Gasteiger partial charge is 0.162 e. The van der Waals surface area contributed by atoms with Crippen LogP contribution in [-0.4, -0.2) is 0 Å². The summed E-state index contributed by atoms with van der Waals surface area (Å²) in [6.45, 7) is 7.32. The van der Waals surface area contributed by atoms with Gasteiger partial charge in [-0.25, -0.2) is 13.2 Å². The van der Waals surface area contributed by atoms with E-state index in [2.05, 4.69) is 13.2 Å². The molecular formula is C24H25F3. The predicted molar refractivity (Wildman–Crippen MR) is 108 cm³/mol. The summed E-state index contributed by atoms with van der Waals surface area (Å²) in [6, 6.07) is 7.76. The third-order valence-corrected chi connectivity index (χ3v) is 5.65. The first kappa shape index (κ1) is 19.5. The van der Waals surface area contributed by atoms with Gasteiger partial charge < -0.3 is 0 Å². The van der Waals surface area contributed by atoms with Crippen molar-refractivity contribution < 1.29 is 13.2 Å². The van der Waals surface area contributed by atoms with E-state index in [1.807, 2.05) is 6.08 Å². The van der Waals surface area contributed by atoms with Gasteiger partial charge in [-0.2, -0.15) is 0 Å². The van der Waals surface area contributed by atoms with Crippen molar-refractivity contribution in [3.05, 3.63) is 72.3 Å². The molecule has 3 rings (SSSR count). The molecule has 2 aromatic carbocycles. The molecule has 27 heavy (non-hydrogen) atoms. The van der Waals surface area contributed by atoms with E-state index in [9.17, 15) is 13.2 Å². The largest absolute Gasteiger partial charge is 0.208 e. The van der Waals surface area contributed by atoms with Gasteiger partial charge in [0.1, 0.15) is 11.6 Å². The van der Waals surface area contributed by atoms with Crippen molar-refractivity contribution in [3.63, 3.8) is 0 Å². The molecule has 3 heteroatoms. The second kappa shape index (κ2) is 8.60. The fourth-order valence-electron chi connectivity index (χ4n) is 3.98. The van der Waals surface area contributed by atoms with Crippen molar-refractivity contribution in [2.75, 3.05) is 0 Å². The SMILES string of the molecule is C=CCCC1CCC(C(F)=C(F)c2ccc3c(F)c(C=C)ccc3c2)CC1. The number of halogens is 3. The van der Waals surface area contributed by atoms with E-state index in [1.165, 1.54) is 24.3 Å². The minimum absolute atomic E-state index is 0.166. The zero-order valence-electron chi connectivity index (χ0n) is 15.5. The lowest BCUT2D eigenvalue weighted by atomic mass is 9.79. The average Bonchev–Trinajstić information content (AvgIpc) is 2.71. The van der Waals surface area contributed by atoms with Gasteiger partial charge in [0.2, 0.25) is 0 Å². The topological polar surface area (TPSA) is 0 Å². The summed E-state index contributed by atoms with van der Waals surface area (Å²) in [7, 11) is 0. The third kappa shape index (κ3) is 4.18. The van der Waals surface area contributed by atoms with E-state index in [0.29, 0.717) is 35.1 Å². The molecule has 1 aliphatic rings. The molecule has 0 atom stereocenters. The summed E-state index contributed by atoms with van der Waals surface area (Å²) in [5, 5.41) is 0.929. The van der Waals surface area contributed by atoms with Gasteiger partial charge in [0, 0.05) is 22.4 Å². The van der Waals surface area contributed by atoms with Crippen LogP contribution < -0.4 is 0 Å². The number of rotatable bonds is 6. The Morgan fingerprint density at radius 2 is 1.78 bits per heavy atom. The fraction of sp³-hybridized carbons (Fsp3) is 0.333.